The molecule has 1 aliphatic heterocycles. The molecular weight excluding hydrogens is 514 g/mol. The number of nitrogens with one attached hydrogen (secondary N) is 1. The fraction of sp³-hybridized carbons (Fsp3) is 0.321. The summed E-state index contributed by atoms with van der Waals surface area (Å²) in [6.07, 6.45) is -0.784. The van der Waals surface area contributed by atoms with Crippen LogP contribution in [-0.2, 0) is 14.8 Å². The van der Waals surface area contributed by atoms with E-state index in [1.54, 1.807) is 12.1 Å². The zero-order valence-electron chi connectivity index (χ0n) is 21.5. The second-order valence-corrected chi connectivity index (χ2v) is 11.9. The van der Waals surface area contributed by atoms with Crippen LogP contribution >= 0.6 is 0 Å². The van der Waals surface area contributed by atoms with Gasteiger partial charge in [-0.15, -0.1) is 0 Å². The number of hydrogen-bond donors (Lipinski definition) is 2. The highest BCUT2D eigenvalue weighted by Crippen LogP contribution is 2.40. The lowest BCUT2D eigenvalue weighted by atomic mass is 10.0. The molecule has 2 N–H and O–H groups in total. The molecule has 3 aromatic rings. The fourth-order valence-electron chi connectivity index (χ4n) is 4.12. The number of fused-ring (bicyclic) bond motifs is 1. The van der Waals surface area contributed by atoms with Gasteiger partial charge in [0, 0.05) is 5.56 Å². The smallest absolute Gasteiger partial charge is 0.264 e. The zero-order chi connectivity index (χ0) is 27.8. The molecule has 0 spiro atoms. The summed E-state index contributed by atoms with van der Waals surface area (Å²) in [5, 5.41) is 12.5. The predicted octanol–water partition coefficient (Wildman–Crippen LogP) is 4.60. The number of amides is 1. The van der Waals surface area contributed by atoms with Gasteiger partial charge in [0.15, 0.2) is 0 Å². The van der Waals surface area contributed by atoms with E-state index in [9.17, 15) is 27.1 Å². The predicted molar refractivity (Wildman–Crippen MR) is 141 cm³/mol. The van der Waals surface area contributed by atoms with Gasteiger partial charge in [0.1, 0.15) is 29.1 Å². The SMILES string of the molecule is CC(C)c1cccc(S(=O)(=O)N2C[C@H](CNC(=O)C(C)(C)O)Oc3ccc(-c4cc(F)ccc4F)cc32)c1. The van der Waals surface area contributed by atoms with Gasteiger partial charge in [0.2, 0.25) is 0 Å². The first kappa shape index (κ1) is 27.5. The van der Waals surface area contributed by atoms with Crippen LogP contribution in [-0.4, -0.2) is 44.2 Å². The minimum atomic E-state index is -4.13. The Bertz CT molecular complexity index is 1470. The molecule has 0 fully saturated rings. The Balaban J connectivity index is 1.78. The van der Waals surface area contributed by atoms with E-state index in [0.29, 0.717) is 0 Å². The summed E-state index contributed by atoms with van der Waals surface area (Å²) in [4.78, 5) is 12.3. The van der Waals surface area contributed by atoms with Gasteiger partial charge in [0.25, 0.3) is 15.9 Å². The molecule has 0 unspecified atom stereocenters. The highest BCUT2D eigenvalue weighted by Gasteiger charge is 2.36. The van der Waals surface area contributed by atoms with Gasteiger partial charge in [0.05, 0.1) is 23.7 Å². The molecule has 1 aliphatic rings. The van der Waals surface area contributed by atoms with Gasteiger partial charge in [-0.2, -0.15) is 0 Å². The van der Waals surface area contributed by atoms with Crippen LogP contribution in [0.3, 0.4) is 0 Å². The Morgan fingerprint density at radius 3 is 2.55 bits per heavy atom. The third kappa shape index (κ3) is 5.66. The molecule has 0 bridgehead atoms. The van der Waals surface area contributed by atoms with Crippen molar-refractivity contribution >= 4 is 21.6 Å². The van der Waals surface area contributed by atoms with E-state index >= 15 is 0 Å². The number of carbonyl (C=O) groups is 1. The number of hydrogen-bond acceptors (Lipinski definition) is 5. The van der Waals surface area contributed by atoms with Crippen LogP contribution in [0, 0.1) is 11.6 Å². The van der Waals surface area contributed by atoms with Crippen molar-refractivity contribution in [3.05, 3.63) is 77.9 Å². The molecule has 3 aromatic carbocycles. The van der Waals surface area contributed by atoms with E-state index in [-0.39, 0.29) is 46.5 Å². The highest BCUT2D eigenvalue weighted by molar-refractivity contribution is 7.92. The molecule has 0 saturated carbocycles. The highest BCUT2D eigenvalue weighted by atomic mass is 32.2. The first-order valence-electron chi connectivity index (χ1n) is 12.2. The van der Waals surface area contributed by atoms with E-state index in [2.05, 4.69) is 5.32 Å². The molecule has 38 heavy (non-hydrogen) atoms. The van der Waals surface area contributed by atoms with Gasteiger partial charge >= 0.3 is 0 Å². The number of nitrogens with zero attached hydrogens (tertiary/aromatic N) is 1. The van der Waals surface area contributed by atoms with Gasteiger partial charge < -0.3 is 15.2 Å². The minimum Gasteiger partial charge on any atom is -0.484 e. The summed E-state index contributed by atoms with van der Waals surface area (Å²) in [7, 11) is -4.13. The van der Waals surface area contributed by atoms with Crippen LogP contribution in [0.5, 0.6) is 5.75 Å². The maximum Gasteiger partial charge on any atom is 0.264 e. The second kappa shape index (κ2) is 10.3. The molecule has 4 rings (SSSR count). The molecule has 7 nitrogen and oxygen atoms in total. The number of rotatable bonds is 7. The molecule has 1 heterocycles. The van der Waals surface area contributed by atoms with E-state index in [1.807, 2.05) is 19.9 Å². The summed E-state index contributed by atoms with van der Waals surface area (Å²) in [5.41, 5.74) is -0.379. The summed E-state index contributed by atoms with van der Waals surface area (Å²) in [6, 6.07) is 14.1. The van der Waals surface area contributed by atoms with Crippen LogP contribution in [0.4, 0.5) is 14.5 Å². The zero-order valence-corrected chi connectivity index (χ0v) is 22.4. The Morgan fingerprint density at radius 1 is 1.13 bits per heavy atom. The largest absolute Gasteiger partial charge is 0.484 e. The Kier molecular flexibility index (Phi) is 7.49. The van der Waals surface area contributed by atoms with E-state index in [4.69, 9.17) is 4.74 Å². The molecule has 202 valence electrons. The van der Waals surface area contributed by atoms with Gasteiger partial charge in [-0.1, -0.05) is 32.0 Å². The monoisotopic (exact) mass is 544 g/mol. The summed E-state index contributed by atoms with van der Waals surface area (Å²) in [6.45, 7) is 6.35. The number of sulfonamides is 1. The van der Waals surface area contributed by atoms with E-state index in [1.165, 1.54) is 38.1 Å². The van der Waals surface area contributed by atoms with Crippen molar-refractivity contribution < 1.29 is 31.8 Å². The maximum atomic E-state index is 14.5. The van der Waals surface area contributed by atoms with Crippen LogP contribution < -0.4 is 14.4 Å². The van der Waals surface area contributed by atoms with Crippen molar-refractivity contribution in [2.45, 2.75) is 50.2 Å². The van der Waals surface area contributed by atoms with Gasteiger partial charge in [-0.3, -0.25) is 9.10 Å². The van der Waals surface area contributed by atoms with Crippen LogP contribution in [0.1, 0.15) is 39.2 Å². The number of carbonyl (C=O) groups excluding carboxylic acids is 1. The minimum absolute atomic E-state index is 0.0217. The first-order chi connectivity index (χ1) is 17.8. The number of aliphatic hydroxyl groups is 1. The Hall–Kier alpha value is -3.50. The average molecular weight is 545 g/mol. The maximum absolute atomic E-state index is 14.5. The number of ether oxygens (including phenoxy) is 1. The lowest BCUT2D eigenvalue weighted by molar-refractivity contribution is -0.136. The normalized spacial score (nSPS) is 15.7. The molecule has 10 heteroatoms. The summed E-state index contributed by atoms with van der Waals surface area (Å²) >= 11 is 0. The molecule has 1 amide bonds. The summed E-state index contributed by atoms with van der Waals surface area (Å²) in [5.74, 6) is -1.64. The number of benzene rings is 3. The quantitative estimate of drug-likeness (QED) is 0.453. The van der Waals surface area contributed by atoms with Crippen molar-refractivity contribution in [2.24, 2.45) is 0 Å². The molecule has 0 saturated heterocycles. The molecule has 0 radical (unpaired) electrons. The van der Waals surface area contributed by atoms with Crippen molar-refractivity contribution in [3.63, 3.8) is 0 Å². The lowest BCUT2D eigenvalue weighted by Crippen LogP contribution is -2.51. The van der Waals surface area contributed by atoms with Crippen molar-refractivity contribution in [1.82, 2.24) is 5.32 Å². The van der Waals surface area contributed by atoms with Crippen molar-refractivity contribution in [2.75, 3.05) is 17.4 Å². The molecule has 1 atom stereocenters. The second-order valence-electron chi connectivity index (χ2n) is 10.1. The van der Waals surface area contributed by atoms with Gasteiger partial charge in [-0.05, 0) is 73.4 Å². The lowest BCUT2D eigenvalue weighted by Gasteiger charge is -2.36. The topological polar surface area (TPSA) is 95.9 Å². The van der Waals surface area contributed by atoms with E-state index < -0.39 is 39.3 Å². The first-order valence-corrected chi connectivity index (χ1v) is 13.6. The van der Waals surface area contributed by atoms with Crippen molar-refractivity contribution in [3.8, 4) is 16.9 Å². The number of halogens is 2. The average Bonchev–Trinajstić information content (AvgIpc) is 2.87. The third-order valence-electron chi connectivity index (χ3n) is 6.29. The van der Waals surface area contributed by atoms with Crippen LogP contribution in [0.25, 0.3) is 11.1 Å². The van der Waals surface area contributed by atoms with Crippen molar-refractivity contribution in [1.29, 1.82) is 0 Å². The van der Waals surface area contributed by atoms with Crippen LogP contribution in [0.2, 0.25) is 0 Å². The number of anilines is 1. The van der Waals surface area contributed by atoms with Crippen LogP contribution in [0.15, 0.2) is 65.6 Å². The Morgan fingerprint density at radius 2 is 1.87 bits per heavy atom. The molecule has 0 aliphatic carbocycles. The standard InChI is InChI=1S/C28H30F2N2O5S/c1-17(2)18-6-5-7-22(12-18)38(35,36)32-16-21(15-31-27(33)28(3,4)34)37-26-11-8-19(13-25(26)32)23-14-20(29)9-10-24(23)30/h5-14,17,21,34H,15-16H2,1-4H3,(H,31,33)/t21-/m0/s1. The molecular formula is C28H30F2N2O5S. The van der Waals surface area contributed by atoms with E-state index in [0.717, 1.165) is 28.1 Å². The fourth-order valence-corrected chi connectivity index (χ4v) is 5.67. The van der Waals surface area contributed by atoms with Gasteiger partial charge in [-0.25, -0.2) is 17.2 Å². The summed E-state index contributed by atoms with van der Waals surface area (Å²) < 4.78 is 63.5. The third-order valence-corrected chi connectivity index (χ3v) is 8.06. The Labute approximate surface area is 221 Å². The molecule has 0 aromatic heterocycles.